The Morgan fingerprint density at radius 1 is 1.04 bits per heavy atom. The van der Waals surface area contributed by atoms with Crippen molar-refractivity contribution in [1.29, 1.82) is 0 Å². The SMILES string of the molecule is CCCCCCCCS(=O)(=O)NN=C(CCCC)c1cc(C)ccc1O. The number of rotatable bonds is 13. The molecule has 0 heterocycles. The van der Waals surface area contributed by atoms with Crippen molar-refractivity contribution in [2.24, 2.45) is 5.10 Å². The van der Waals surface area contributed by atoms with Crippen LogP contribution < -0.4 is 4.83 Å². The number of aryl methyl sites for hydroxylation is 1. The minimum absolute atomic E-state index is 0.0868. The molecule has 2 N–H and O–H groups in total. The highest BCUT2D eigenvalue weighted by molar-refractivity contribution is 7.89. The van der Waals surface area contributed by atoms with Crippen molar-refractivity contribution in [2.75, 3.05) is 5.75 Å². The number of phenols is 1. The second kappa shape index (κ2) is 11.9. The number of hydrazone groups is 1. The van der Waals surface area contributed by atoms with E-state index in [1.165, 1.54) is 12.8 Å². The number of aromatic hydroxyl groups is 1. The highest BCUT2D eigenvalue weighted by Crippen LogP contribution is 2.21. The quantitative estimate of drug-likeness (QED) is 0.290. The smallest absolute Gasteiger partial charge is 0.247 e. The number of nitrogens with one attached hydrogen (secondary N) is 1. The Kier molecular flexibility index (Phi) is 10.3. The van der Waals surface area contributed by atoms with Crippen LogP contribution in [0.3, 0.4) is 0 Å². The fourth-order valence-corrected chi connectivity index (χ4v) is 3.64. The first-order valence-electron chi connectivity index (χ1n) is 9.75. The van der Waals surface area contributed by atoms with E-state index in [9.17, 15) is 13.5 Å². The lowest BCUT2D eigenvalue weighted by molar-refractivity contribution is 0.473. The maximum absolute atomic E-state index is 12.2. The predicted octanol–water partition coefficient (Wildman–Crippen LogP) is 4.87. The molecule has 0 atom stereocenters. The average Bonchev–Trinajstić information content (AvgIpc) is 2.60. The fraction of sp³-hybridized carbons (Fsp3) is 0.650. The maximum atomic E-state index is 12.2. The summed E-state index contributed by atoms with van der Waals surface area (Å²) in [6, 6.07) is 5.28. The van der Waals surface area contributed by atoms with Crippen molar-refractivity contribution < 1.29 is 13.5 Å². The summed E-state index contributed by atoms with van der Waals surface area (Å²) >= 11 is 0. The first kappa shape index (κ1) is 22.5. The van der Waals surface area contributed by atoms with Gasteiger partial charge < -0.3 is 5.11 Å². The molecule has 5 nitrogen and oxygen atoms in total. The molecule has 0 bridgehead atoms. The fourth-order valence-electron chi connectivity index (χ4n) is 2.72. The van der Waals surface area contributed by atoms with Crippen LogP contribution in [-0.2, 0) is 10.0 Å². The van der Waals surface area contributed by atoms with Gasteiger partial charge in [0.15, 0.2) is 0 Å². The van der Waals surface area contributed by atoms with Gasteiger partial charge in [-0.05, 0) is 38.3 Å². The third kappa shape index (κ3) is 8.70. The molecule has 6 heteroatoms. The first-order chi connectivity index (χ1) is 12.4. The van der Waals surface area contributed by atoms with Gasteiger partial charge in [-0.15, -0.1) is 0 Å². The zero-order valence-corrected chi connectivity index (χ0v) is 17.2. The predicted molar refractivity (Wildman–Crippen MR) is 109 cm³/mol. The summed E-state index contributed by atoms with van der Waals surface area (Å²) in [5.41, 5.74) is 2.18. The van der Waals surface area contributed by atoms with Crippen LogP contribution in [0.4, 0.5) is 0 Å². The zero-order valence-electron chi connectivity index (χ0n) is 16.4. The van der Waals surface area contributed by atoms with Gasteiger partial charge in [0.1, 0.15) is 5.75 Å². The van der Waals surface area contributed by atoms with Crippen molar-refractivity contribution in [3.05, 3.63) is 29.3 Å². The largest absolute Gasteiger partial charge is 0.507 e. The van der Waals surface area contributed by atoms with Crippen LogP contribution in [-0.4, -0.2) is 25.0 Å². The number of unbranched alkanes of at least 4 members (excludes halogenated alkanes) is 6. The van der Waals surface area contributed by atoms with Gasteiger partial charge in [-0.25, -0.2) is 13.2 Å². The van der Waals surface area contributed by atoms with Crippen LogP contribution in [0.25, 0.3) is 0 Å². The molecule has 0 aliphatic carbocycles. The molecule has 26 heavy (non-hydrogen) atoms. The minimum Gasteiger partial charge on any atom is -0.507 e. The van der Waals surface area contributed by atoms with E-state index in [-0.39, 0.29) is 11.5 Å². The average molecular weight is 383 g/mol. The van der Waals surface area contributed by atoms with Gasteiger partial charge >= 0.3 is 0 Å². The summed E-state index contributed by atoms with van der Waals surface area (Å²) in [6.45, 7) is 6.16. The summed E-state index contributed by atoms with van der Waals surface area (Å²) in [4.78, 5) is 2.36. The Bertz CT molecular complexity index is 670. The van der Waals surface area contributed by atoms with E-state index in [4.69, 9.17) is 0 Å². The Balaban J connectivity index is 2.72. The molecular formula is C20H34N2O3S. The Morgan fingerprint density at radius 3 is 2.38 bits per heavy atom. The van der Waals surface area contributed by atoms with Crippen LogP contribution >= 0.6 is 0 Å². The highest BCUT2D eigenvalue weighted by Gasteiger charge is 2.13. The van der Waals surface area contributed by atoms with Crippen LogP contribution in [0.5, 0.6) is 5.75 Å². The number of sulfonamides is 1. The molecule has 0 aliphatic rings. The van der Waals surface area contributed by atoms with Gasteiger partial charge in [0.25, 0.3) is 0 Å². The van der Waals surface area contributed by atoms with Gasteiger partial charge in [0.05, 0.1) is 11.5 Å². The molecular weight excluding hydrogens is 348 g/mol. The van der Waals surface area contributed by atoms with Gasteiger partial charge in [-0.3, -0.25) is 0 Å². The number of phenolic OH excluding ortho intramolecular Hbond substituents is 1. The monoisotopic (exact) mass is 382 g/mol. The van der Waals surface area contributed by atoms with Crippen molar-refractivity contribution >= 4 is 15.7 Å². The molecule has 1 aromatic carbocycles. The normalized spacial score (nSPS) is 12.3. The van der Waals surface area contributed by atoms with E-state index < -0.39 is 10.0 Å². The molecule has 0 radical (unpaired) electrons. The summed E-state index contributed by atoms with van der Waals surface area (Å²) in [6.07, 6.45) is 8.66. The molecule has 0 unspecified atom stereocenters. The van der Waals surface area contributed by atoms with Gasteiger partial charge in [0, 0.05) is 5.56 Å². The second-order valence-corrected chi connectivity index (χ2v) is 8.68. The molecule has 0 saturated carbocycles. The molecule has 0 aromatic heterocycles. The molecule has 1 aromatic rings. The summed E-state index contributed by atoms with van der Waals surface area (Å²) in [5, 5.41) is 14.3. The van der Waals surface area contributed by atoms with Crippen molar-refractivity contribution in [3.63, 3.8) is 0 Å². The number of benzene rings is 1. The van der Waals surface area contributed by atoms with Gasteiger partial charge in [-0.1, -0.05) is 64.0 Å². The Hall–Kier alpha value is -1.56. The summed E-state index contributed by atoms with van der Waals surface area (Å²) in [5.74, 6) is 0.212. The molecule has 0 amide bonds. The van der Waals surface area contributed by atoms with Crippen molar-refractivity contribution in [2.45, 2.75) is 78.6 Å². The zero-order chi connectivity index (χ0) is 19.4. The molecule has 0 spiro atoms. The topological polar surface area (TPSA) is 78.8 Å². The van der Waals surface area contributed by atoms with Gasteiger partial charge in [-0.2, -0.15) is 5.10 Å². The Labute approximate surface area is 159 Å². The highest BCUT2D eigenvalue weighted by atomic mass is 32.2. The molecule has 0 aliphatic heterocycles. The molecule has 0 saturated heterocycles. The summed E-state index contributed by atoms with van der Waals surface area (Å²) < 4.78 is 24.4. The molecule has 148 valence electrons. The third-order valence-corrected chi connectivity index (χ3v) is 5.51. The molecule has 0 fully saturated rings. The van der Waals surface area contributed by atoms with E-state index >= 15 is 0 Å². The minimum atomic E-state index is -3.44. The molecule has 1 rings (SSSR count). The lowest BCUT2D eigenvalue weighted by Crippen LogP contribution is -2.23. The van der Waals surface area contributed by atoms with Crippen LogP contribution in [0.2, 0.25) is 0 Å². The standard InChI is InChI=1S/C20H34N2O3S/c1-4-6-8-9-10-11-15-26(24,25)22-21-19(12-7-5-2)18-16-17(3)13-14-20(18)23/h13-14,16,22-23H,4-12,15H2,1-3H3. The first-order valence-corrected chi connectivity index (χ1v) is 11.4. The van der Waals surface area contributed by atoms with Crippen LogP contribution in [0.1, 0.15) is 82.8 Å². The van der Waals surface area contributed by atoms with Crippen molar-refractivity contribution in [1.82, 2.24) is 4.83 Å². The van der Waals surface area contributed by atoms with E-state index in [0.717, 1.165) is 37.7 Å². The van der Waals surface area contributed by atoms with E-state index in [0.29, 0.717) is 24.1 Å². The van der Waals surface area contributed by atoms with E-state index in [2.05, 4.69) is 23.8 Å². The van der Waals surface area contributed by atoms with E-state index in [1.807, 2.05) is 19.1 Å². The second-order valence-electron chi connectivity index (χ2n) is 6.86. The van der Waals surface area contributed by atoms with Crippen LogP contribution in [0, 0.1) is 6.92 Å². The lowest BCUT2D eigenvalue weighted by Gasteiger charge is -2.11. The maximum Gasteiger partial charge on any atom is 0.247 e. The number of hydrogen-bond donors (Lipinski definition) is 2. The third-order valence-electron chi connectivity index (χ3n) is 4.32. The van der Waals surface area contributed by atoms with Crippen LogP contribution in [0.15, 0.2) is 23.3 Å². The number of nitrogens with zero attached hydrogens (tertiary/aromatic N) is 1. The van der Waals surface area contributed by atoms with Gasteiger partial charge in [0.2, 0.25) is 10.0 Å². The van der Waals surface area contributed by atoms with E-state index in [1.54, 1.807) is 6.07 Å². The lowest BCUT2D eigenvalue weighted by atomic mass is 10.0. The number of hydrogen-bond acceptors (Lipinski definition) is 4. The summed E-state index contributed by atoms with van der Waals surface area (Å²) in [7, 11) is -3.44. The Morgan fingerprint density at radius 2 is 1.69 bits per heavy atom. The van der Waals surface area contributed by atoms with Crippen molar-refractivity contribution in [3.8, 4) is 5.75 Å².